The van der Waals surface area contributed by atoms with Crippen LogP contribution in [0.3, 0.4) is 0 Å². The van der Waals surface area contributed by atoms with Gasteiger partial charge in [0.25, 0.3) is 0 Å². The van der Waals surface area contributed by atoms with Crippen LogP contribution < -0.4 is 9.64 Å². The summed E-state index contributed by atoms with van der Waals surface area (Å²) in [4.78, 5) is 16.0. The Morgan fingerprint density at radius 3 is 2.50 bits per heavy atom. The fraction of sp³-hybridized carbons (Fsp3) is 0.250. The Morgan fingerprint density at radius 2 is 1.82 bits per heavy atom. The molecule has 2 aromatic carbocycles. The van der Waals surface area contributed by atoms with Crippen molar-refractivity contribution in [1.29, 1.82) is 0 Å². The van der Waals surface area contributed by atoms with Gasteiger partial charge in [0.1, 0.15) is 11.6 Å². The van der Waals surface area contributed by atoms with Crippen LogP contribution in [0.2, 0.25) is 0 Å². The molecule has 8 heteroatoms. The van der Waals surface area contributed by atoms with Crippen LogP contribution in [-0.4, -0.2) is 43.6 Å². The summed E-state index contributed by atoms with van der Waals surface area (Å²) >= 11 is 3.27. The topological polar surface area (TPSA) is 32.8 Å². The summed E-state index contributed by atoms with van der Waals surface area (Å²) in [6.07, 6.45) is 2.78. The van der Waals surface area contributed by atoms with Crippen molar-refractivity contribution in [3.8, 4) is 5.75 Å². The molecule has 148 valence electrons. The smallest absolute Gasteiger partial charge is 0.387 e. The number of piperazine rings is 1. The molecule has 0 saturated carbocycles. The van der Waals surface area contributed by atoms with Crippen molar-refractivity contribution in [3.05, 3.63) is 64.4 Å². The highest BCUT2D eigenvalue weighted by Gasteiger charge is 2.21. The van der Waals surface area contributed by atoms with Gasteiger partial charge >= 0.3 is 6.61 Å². The molecule has 0 spiro atoms. The lowest BCUT2D eigenvalue weighted by molar-refractivity contribution is -0.126. The molecule has 1 heterocycles. The van der Waals surface area contributed by atoms with Gasteiger partial charge < -0.3 is 14.5 Å². The Kier molecular flexibility index (Phi) is 6.61. The van der Waals surface area contributed by atoms with Gasteiger partial charge in [0.15, 0.2) is 0 Å². The van der Waals surface area contributed by atoms with Crippen molar-refractivity contribution in [2.24, 2.45) is 0 Å². The predicted molar refractivity (Wildman–Crippen MR) is 105 cm³/mol. The van der Waals surface area contributed by atoms with Crippen molar-refractivity contribution in [1.82, 2.24) is 4.90 Å². The average molecular weight is 455 g/mol. The van der Waals surface area contributed by atoms with E-state index in [1.807, 2.05) is 4.90 Å². The van der Waals surface area contributed by atoms with Gasteiger partial charge in [0.05, 0.1) is 5.69 Å². The highest BCUT2D eigenvalue weighted by atomic mass is 79.9. The van der Waals surface area contributed by atoms with Crippen LogP contribution in [0.1, 0.15) is 5.56 Å². The van der Waals surface area contributed by atoms with Crippen molar-refractivity contribution in [3.63, 3.8) is 0 Å². The molecule has 0 bridgehead atoms. The standard InChI is InChI=1S/C20H18BrF3N2O2/c21-15-6-7-18(28-20(23)24)14(13-15)5-8-19(27)26-11-9-25(10-12-26)17-4-2-1-3-16(17)22/h1-8,13,20H,9-12H2/b8-5+. The van der Waals surface area contributed by atoms with E-state index in [2.05, 4.69) is 20.7 Å². The maximum atomic E-state index is 13.9. The van der Waals surface area contributed by atoms with Crippen LogP contribution >= 0.6 is 15.9 Å². The maximum Gasteiger partial charge on any atom is 0.387 e. The lowest BCUT2D eigenvalue weighted by atomic mass is 10.2. The first-order valence-corrected chi connectivity index (χ1v) is 9.44. The second kappa shape index (κ2) is 9.14. The fourth-order valence-electron chi connectivity index (χ4n) is 3.00. The lowest BCUT2D eigenvalue weighted by Gasteiger charge is -2.35. The molecule has 3 rings (SSSR count). The molecule has 1 amide bonds. The third-order valence-electron chi connectivity index (χ3n) is 4.38. The molecule has 0 aromatic heterocycles. The minimum Gasteiger partial charge on any atom is -0.434 e. The van der Waals surface area contributed by atoms with Gasteiger partial charge in [0, 0.05) is 42.3 Å². The number of hydrogen-bond donors (Lipinski definition) is 0. The molecule has 0 unspecified atom stereocenters. The second-order valence-corrected chi connectivity index (χ2v) is 7.07. The number of nitrogens with zero attached hydrogens (tertiary/aromatic N) is 2. The van der Waals surface area contributed by atoms with Gasteiger partial charge in [-0.3, -0.25) is 4.79 Å². The summed E-state index contributed by atoms with van der Waals surface area (Å²) in [5, 5.41) is 0. The van der Waals surface area contributed by atoms with E-state index in [4.69, 9.17) is 0 Å². The Labute approximate surface area is 169 Å². The van der Waals surface area contributed by atoms with Crippen molar-refractivity contribution < 1.29 is 22.7 Å². The van der Waals surface area contributed by atoms with Crippen molar-refractivity contribution in [2.75, 3.05) is 31.1 Å². The number of hydrogen-bond acceptors (Lipinski definition) is 3. The van der Waals surface area contributed by atoms with Crippen molar-refractivity contribution >= 4 is 33.6 Å². The van der Waals surface area contributed by atoms with Gasteiger partial charge in [-0.1, -0.05) is 28.1 Å². The number of halogens is 4. The minimum absolute atomic E-state index is 0.00776. The Balaban J connectivity index is 1.63. The molecule has 28 heavy (non-hydrogen) atoms. The van der Waals surface area contributed by atoms with E-state index in [-0.39, 0.29) is 17.5 Å². The first kappa shape index (κ1) is 20.3. The van der Waals surface area contributed by atoms with Crippen LogP contribution in [-0.2, 0) is 4.79 Å². The third kappa shape index (κ3) is 5.07. The molecule has 0 atom stereocenters. The second-order valence-electron chi connectivity index (χ2n) is 6.16. The summed E-state index contributed by atoms with van der Waals surface area (Å²) in [5.41, 5.74) is 0.890. The van der Waals surface area contributed by atoms with Gasteiger partial charge in [-0.05, 0) is 36.4 Å². The molecule has 0 aliphatic carbocycles. The monoisotopic (exact) mass is 454 g/mol. The molecule has 1 aliphatic rings. The summed E-state index contributed by atoms with van der Waals surface area (Å²) < 4.78 is 44.1. The van der Waals surface area contributed by atoms with Crippen molar-refractivity contribution in [2.45, 2.75) is 6.61 Å². The zero-order chi connectivity index (χ0) is 20.1. The number of rotatable bonds is 5. The molecule has 1 saturated heterocycles. The summed E-state index contributed by atoms with van der Waals surface area (Å²) in [6.45, 7) is -1.04. The fourth-order valence-corrected chi connectivity index (χ4v) is 3.37. The van der Waals surface area contributed by atoms with E-state index < -0.39 is 6.61 Å². The molecule has 0 N–H and O–H groups in total. The zero-order valence-corrected chi connectivity index (χ0v) is 16.4. The Bertz CT molecular complexity index is 868. The maximum absolute atomic E-state index is 13.9. The number of carbonyl (C=O) groups excluding carboxylic acids is 1. The number of benzene rings is 2. The molecule has 1 fully saturated rings. The molecular formula is C20H18BrF3N2O2. The van der Waals surface area contributed by atoms with Gasteiger partial charge in [0.2, 0.25) is 5.91 Å². The van der Waals surface area contributed by atoms with Gasteiger partial charge in [-0.2, -0.15) is 8.78 Å². The molecule has 1 aliphatic heterocycles. The van der Waals surface area contributed by atoms with Gasteiger partial charge in [-0.25, -0.2) is 4.39 Å². The Morgan fingerprint density at radius 1 is 1.11 bits per heavy atom. The quantitative estimate of drug-likeness (QED) is 0.621. The first-order chi connectivity index (χ1) is 13.4. The highest BCUT2D eigenvalue weighted by molar-refractivity contribution is 9.10. The number of ether oxygens (including phenoxy) is 1. The van der Waals surface area contributed by atoms with E-state index in [0.717, 1.165) is 0 Å². The number of anilines is 1. The predicted octanol–water partition coefficient (Wildman–Crippen LogP) is 4.55. The number of alkyl halides is 2. The lowest BCUT2D eigenvalue weighted by Crippen LogP contribution is -2.48. The SMILES string of the molecule is O=C(/C=C/c1cc(Br)ccc1OC(F)F)N1CCN(c2ccccc2F)CC1. The largest absolute Gasteiger partial charge is 0.434 e. The first-order valence-electron chi connectivity index (χ1n) is 8.65. The van der Waals surface area contributed by atoms with Crippen LogP contribution in [0.4, 0.5) is 18.9 Å². The summed E-state index contributed by atoms with van der Waals surface area (Å²) in [7, 11) is 0. The third-order valence-corrected chi connectivity index (χ3v) is 4.87. The molecular weight excluding hydrogens is 437 g/mol. The van der Waals surface area contributed by atoms with Crippen LogP contribution in [0.5, 0.6) is 5.75 Å². The normalized spacial score (nSPS) is 14.8. The zero-order valence-electron chi connectivity index (χ0n) is 14.8. The van der Waals surface area contributed by atoms with Crippen LogP contribution in [0, 0.1) is 5.82 Å². The minimum atomic E-state index is -2.95. The van der Waals surface area contributed by atoms with E-state index in [1.54, 1.807) is 35.2 Å². The highest BCUT2D eigenvalue weighted by Crippen LogP contribution is 2.26. The van der Waals surface area contributed by atoms with E-state index in [9.17, 15) is 18.0 Å². The van der Waals surface area contributed by atoms with E-state index in [0.29, 0.717) is 41.9 Å². The van der Waals surface area contributed by atoms with Gasteiger partial charge in [-0.15, -0.1) is 0 Å². The number of carbonyl (C=O) groups is 1. The summed E-state index contributed by atoms with van der Waals surface area (Å²) in [6, 6.07) is 11.1. The molecule has 2 aromatic rings. The number of para-hydroxylation sites is 1. The Hall–Kier alpha value is -2.48. The van der Waals surface area contributed by atoms with E-state index in [1.165, 1.54) is 24.3 Å². The number of amides is 1. The molecule has 4 nitrogen and oxygen atoms in total. The van der Waals surface area contributed by atoms with E-state index >= 15 is 0 Å². The molecule has 0 radical (unpaired) electrons. The van der Waals surface area contributed by atoms with Crippen LogP contribution in [0.25, 0.3) is 6.08 Å². The summed E-state index contributed by atoms with van der Waals surface area (Å²) in [5.74, 6) is -0.536. The van der Waals surface area contributed by atoms with Crippen LogP contribution in [0.15, 0.2) is 53.0 Å². The average Bonchev–Trinajstić information content (AvgIpc) is 2.68.